The van der Waals surface area contributed by atoms with Gasteiger partial charge in [0.25, 0.3) is 0 Å². The Morgan fingerprint density at radius 1 is 1.24 bits per heavy atom. The zero-order valence-corrected chi connectivity index (χ0v) is 16.8. The zero-order chi connectivity index (χ0) is 20.1. The zero-order valence-electron chi connectivity index (χ0n) is 16.0. The van der Waals surface area contributed by atoms with Gasteiger partial charge in [-0.1, -0.05) is 36.0 Å². The summed E-state index contributed by atoms with van der Waals surface area (Å²) >= 11 is 1.35. The molecule has 29 heavy (non-hydrogen) atoms. The summed E-state index contributed by atoms with van der Waals surface area (Å²) in [5, 5.41) is 12.9. The topological polar surface area (TPSA) is 84.8 Å². The molecule has 0 aliphatic rings. The average Bonchev–Trinajstić information content (AvgIpc) is 3.39. The molecule has 7 nitrogen and oxygen atoms in total. The first-order valence-electron chi connectivity index (χ1n) is 9.23. The van der Waals surface area contributed by atoms with Gasteiger partial charge in [0.05, 0.1) is 18.6 Å². The summed E-state index contributed by atoms with van der Waals surface area (Å²) in [4.78, 5) is 15.5. The second-order valence-electron chi connectivity index (χ2n) is 6.43. The summed E-state index contributed by atoms with van der Waals surface area (Å²) in [6.45, 7) is 0.587. The molecule has 0 bridgehead atoms. The molecular formula is C21H21N5O2S. The van der Waals surface area contributed by atoms with Crippen molar-refractivity contribution in [2.24, 2.45) is 0 Å². The number of carbonyl (C=O) groups is 1. The molecule has 4 rings (SSSR count). The monoisotopic (exact) mass is 407 g/mol. The Labute approximate surface area is 172 Å². The van der Waals surface area contributed by atoms with Crippen LogP contribution < -0.4 is 10.1 Å². The number of para-hydroxylation sites is 1. The molecule has 4 aromatic rings. The van der Waals surface area contributed by atoms with E-state index >= 15 is 0 Å². The van der Waals surface area contributed by atoms with Gasteiger partial charge in [-0.3, -0.25) is 9.36 Å². The Morgan fingerprint density at radius 2 is 2.14 bits per heavy atom. The van der Waals surface area contributed by atoms with Crippen molar-refractivity contribution in [2.75, 3.05) is 19.4 Å². The van der Waals surface area contributed by atoms with E-state index in [0.717, 1.165) is 23.4 Å². The third-order valence-corrected chi connectivity index (χ3v) is 5.51. The molecule has 8 heteroatoms. The lowest BCUT2D eigenvalue weighted by Gasteiger charge is -2.08. The van der Waals surface area contributed by atoms with E-state index in [-0.39, 0.29) is 11.7 Å². The molecule has 0 radical (unpaired) electrons. The first-order chi connectivity index (χ1) is 14.2. The van der Waals surface area contributed by atoms with Crippen molar-refractivity contribution in [3.05, 3.63) is 66.6 Å². The van der Waals surface area contributed by atoms with E-state index in [1.807, 2.05) is 53.2 Å². The second kappa shape index (κ2) is 8.83. The van der Waals surface area contributed by atoms with E-state index in [0.29, 0.717) is 11.7 Å². The lowest BCUT2D eigenvalue weighted by atomic mass is 10.1. The number of aromatic amines is 1. The summed E-state index contributed by atoms with van der Waals surface area (Å²) < 4.78 is 7.11. The molecular weight excluding hydrogens is 386 g/mol. The van der Waals surface area contributed by atoms with Gasteiger partial charge < -0.3 is 15.0 Å². The van der Waals surface area contributed by atoms with Gasteiger partial charge in [0.15, 0.2) is 5.16 Å². The number of ether oxygens (including phenoxy) is 1. The maximum Gasteiger partial charge on any atom is 0.230 e. The smallest absolute Gasteiger partial charge is 0.230 e. The van der Waals surface area contributed by atoms with Gasteiger partial charge in [-0.2, -0.15) is 0 Å². The highest BCUT2D eigenvalue weighted by Crippen LogP contribution is 2.22. The Balaban J connectivity index is 1.31. The van der Waals surface area contributed by atoms with Crippen molar-refractivity contribution in [1.82, 2.24) is 25.1 Å². The fourth-order valence-corrected chi connectivity index (χ4v) is 3.88. The quantitative estimate of drug-likeness (QED) is 0.438. The third-order valence-electron chi connectivity index (χ3n) is 4.57. The number of H-pyrrole nitrogens is 1. The van der Waals surface area contributed by atoms with E-state index in [1.165, 1.54) is 22.7 Å². The number of benzene rings is 2. The molecule has 0 saturated carbocycles. The molecule has 2 heterocycles. The highest BCUT2D eigenvalue weighted by atomic mass is 32.2. The van der Waals surface area contributed by atoms with Gasteiger partial charge in [0.1, 0.15) is 12.1 Å². The van der Waals surface area contributed by atoms with Crippen LogP contribution in [0.4, 0.5) is 0 Å². The molecule has 2 aromatic carbocycles. The minimum atomic E-state index is -0.0324. The minimum absolute atomic E-state index is 0.0324. The number of nitrogens with zero attached hydrogens (tertiary/aromatic N) is 3. The Hall–Kier alpha value is -3.26. The number of nitrogens with one attached hydrogen (secondary N) is 2. The van der Waals surface area contributed by atoms with Crippen LogP contribution in [0.25, 0.3) is 16.6 Å². The van der Waals surface area contributed by atoms with Crippen molar-refractivity contribution in [1.29, 1.82) is 0 Å². The van der Waals surface area contributed by atoms with Gasteiger partial charge in [-0.25, -0.2) is 0 Å². The number of aromatic nitrogens is 4. The highest BCUT2D eigenvalue weighted by molar-refractivity contribution is 7.99. The normalized spacial score (nSPS) is 10.9. The van der Waals surface area contributed by atoms with Crippen LogP contribution in [0.2, 0.25) is 0 Å². The Bertz CT molecular complexity index is 1120. The molecule has 2 N–H and O–H groups in total. The molecule has 0 aliphatic carbocycles. The van der Waals surface area contributed by atoms with Crippen LogP contribution in [0.1, 0.15) is 5.56 Å². The van der Waals surface area contributed by atoms with Crippen LogP contribution in [0.15, 0.2) is 66.2 Å². The summed E-state index contributed by atoms with van der Waals surface area (Å²) in [6.07, 6.45) is 4.41. The number of methoxy groups -OCH3 is 1. The van der Waals surface area contributed by atoms with Crippen LogP contribution in [-0.2, 0) is 11.2 Å². The highest BCUT2D eigenvalue weighted by Gasteiger charge is 2.11. The lowest BCUT2D eigenvalue weighted by Crippen LogP contribution is -2.27. The van der Waals surface area contributed by atoms with Crippen LogP contribution in [0.5, 0.6) is 5.75 Å². The molecule has 0 saturated heterocycles. The van der Waals surface area contributed by atoms with Gasteiger partial charge in [0.2, 0.25) is 5.91 Å². The summed E-state index contributed by atoms with van der Waals surface area (Å²) in [6, 6.07) is 15.8. The molecule has 0 aliphatic heterocycles. The van der Waals surface area contributed by atoms with Crippen molar-refractivity contribution in [3.63, 3.8) is 0 Å². The predicted molar refractivity (Wildman–Crippen MR) is 114 cm³/mol. The lowest BCUT2D eigenvalue weighted by molar-refractivity contribution is -0.118. The number of fused-ring (bicyclic) bond motifs is 1. The van der Waals surface area contributed by atoms with Gasteiger partial charge in [-0.15, -0.1) is 10.2 Å². The van der Waals surface area contributed by atoms with E-state index in [1.54, 1.807) is 13.4 Å². The van der Waals surface area contributed by atoms with Gasteiger partial charge in [0, 0.05) is 29.7 Å². The first-order valence-corrected chi connectivity index (χ1v) is 10.2. The predicted octanol–water partition coefficient (Wildman–Crippen LogP) is 3.21. The average molecular weight is 407 g/mol. The fraction of sp³-hybridized carbons (Fsp3) is 0.190. The van der Waals surface area contributed by atoms with Crippen molar-refractivity contribution in [2.45, 2.75) is 11.6 Å². The van der Waals surface area contributed by atoms with E-state index in [2.05, 4.69) is 26.6 Å². The number of thioether (sulfide) groups is 1. The van der Waals surface area contributed by atoms with Crippen LogP contribution in [0.3, 0.4) is 0 Å². The minimum Gasteiger partial charge on any atom is -0.497 e. The Morgan fingerprint density at radius 3 is 3.03 bits per heavy atom. The third kappa shape index (κ3) is 4.43. The van der Waals surface area contributed by atoms with Gasteiger partial charge >= 0.3 is 0 Å². The molecule has 0 spiro atoms. The van der Waals surface area contributed by atoms with E-state index < -0.39 is 0 Å². The number of carbonyl (C=O) groups excluding carboxylic acids is 1. The van der Waals surface area contributed by atoms with Crippen LogP contribution in [-0.4, -0.2) is 45.1 Å². The van der Waals surface area contributed by atoms with E-state index in [4.69, 9.17) is 4.74 Å². The number of hydrogen-bond donors (Lipinski definition) is 2. The Kier molecular flexibility index (Phi) is 5.81. The maximum absolute atomic E-state index is 12.3. The molecule has 0 fully saturated rings. The van der Waals surface area contributed by atoms with E-state index in [9.17, 15) is 4.79 Å². The standard InChI is InChI=1S/C21H21N5O2S/c1-28-17-6-4-5-16(11-17)26-14-24-25-21(26)29-13-20(27)22-10-9-15-12-23-19-8-3-2-7-18(15)19/h2-8,11-12,14,23H,9-10,13H2,1H3,(H,22,27). The second-order valence-corrected chi connectivity index (χ2v) is 7.38. The number of amides is 1. The molecule has 0 atom stereocenters. The maximum atomic E-state index is 12.3. The molecule has 1 amide bonds. The molecule has 2 aromatic heterocycles. The van der Waals surface area contributed by atoms with Gasteiger partial charge in [-0.05, 0) is 30.2 Å². The molecule has 148 valence electrons. The fourth-order valence-electron chi connectivity index (χ4n) is 3.12. The number of rotatable bonds is 8. The van der Waals surface area contributed by atoms with Crippen molar-refractivity contribution < 1.29 is 9.53 Å². The van der Waals surface area contributed by atoms with Crippen molar-refractivity contribution in [3.8, 4) is 11.4 Å². The largest absolute Gasteiger partial charge is 0.497 e. The molecule has 0 unspecified atom stereocenters. The SMILES string of the molecule is COc1cccc(-n2cnnc2SCC(=O)NCCc2c[nH]c3ccccc23)c1. The number of hydrogen-bond acceptors (Lipinski definition) is 5. The van der Waals surface area contributed by atoms with Crippen molar-refractivity contribution >= 4 is 28.6 Å². The summed E-state index contributed by atoms with van der Waals surface area (Å²) in [5.41, 5.74) is 3.20. The summed E-state index contributed by atoms with van der Waals surface area (Å²) in [7, 11) is 1.63. The van der Waals surface area contributed by atoms with Crippen LogP contribution in [0, 0.1) is 0 Å². The van der Waals surface area contributed by atoms with Crippen LogP contribution >= 0.6 is 11.8 Å². The summed E-state index contributed by atoms with van der Waals surface area (Å²) in [5.74, 6) is 0.994. The first kappa shape index (κ1) is 19.1.